The van der Waals surface area contributed by atoms with Gasteiger partial charge in [0.05, 0.1) is 13.3 Å². The SMILES string of the molecule is CC(Oc1ccc(F)cc1)C1(C(C)(C)CF)CO1. The van der Waals surface area contributed by atoms with Crippen molar-refractivity contribution in [1.82, 2.24) is 0 Å². The molecule has 1 aromatic carbocycles. The van der Waals surface area contributed by atoms with Gasteiger partial charge in [-0.05, 0) is 31.2 Å². The van der Waals surface area contributed by atoms with Gasteiger partial charge in [-0.15, -0.1) is 0 Å². The zero-order valence-corrected chi connectivity index (χ0v) is 10.9. The van der Waals surface area contributed by atoms with Gasteiger partial charge in [-0.1, -0.05) is 13.8 Å². The standard InChI is InChI=1S/C14H18F2O2/c1-10(14(9-17-14)13(2,3)8-15)18-12-6-4-11(16)5-7-12/h4-7,10H,8-9H2,1-3H3. The molecule has 0 saturated carbocycles. The minimum Gasteiger partial charge on any atom is -0.488 e. The second-order valence-corrected chi connectivity index (χ2v) is 5.41. The molecule has 2 nitrogen and oxygen atoms in total. The molecular weight excluding hydrogens is 238 g/mol. The highest BCUT2D eigenvalue weighted by molar-refractivity contribution is 5.23. The molecule has 0 aromatic heterocycles. The number of alkyl halides is 1. The van der Waals surface area contributed by atoms with E-state index in [-0.39, 0.29) is 11.9 Å². The number of rotatable bonds is 5. The van der Waals surface area contributed by atoms with Gasteiger partial charge >= 0.3 is 0 Å². The Morgan fingerprint density at radius 3 is 2.39 bits per heavy atom. The molecule has 100 valence electrons. The highest BCUT2D eigenvalue weighted by Crippen LogP contribution is 2.48. The lowest BCUT2D eigenvalue weighted by molar-refractivity contribution is 0.0134. The first-order valence-electron chi connectivity index (χ1n) is 6.03. The molecule has 1 aromatic rings. The van der Waals surface area contributed by atoms with E-state index in [1.807, 2.05) is 20.8 Å². The van der Waals surface area contributed by atoms with Crippen LogP contribution in [0.5, 0.6) is 5.75 Å². The van der Waals surface area contributed by atoms with Gasteiger partial charge in [0.2, 0.25) is 0 Å². The first kappa shape index (κ1) is 13.3. The van der Waals surface area contributed by atoms with Crippen LogP contribution in [0.3, 0.4) is 0 Å². The lowest BCUT2D eigenvalue weighted by Gasteiger charge is -2.33. The second kappa shape index (κ2) is 4.50. The topological polar surface area (TPSA) is 21.8 Å². The zero-order chi connectivity index (χ0) is 13.4. The van der Waals surface area contributed by atoms with Gasteiger partial charge < -0.3 is 9.47 Å². The summed E-state index contributed by atoms with van der Waals surface area (Å²) >= 11 is 0. The first-order chi connectivity index (χ1) is 8.41. The van der Waals surface area contributed by atoms with E-state index >= 15 is 0 Å². The van der Waals surface area contributed by atoms with E-state index in [1.165, 1.54) is 12.1 Å². The number of halogens is 2. The van der Waals surface area contributed by atoms with Crippen molar-refractivity contribution in [2.24, 2.45) is 5.41 Å². The third kappa shape index (κ3) is 2.21. The molecule has 0 spiro atoms. The van der Waals surface area contributed by atoms with Crippen LogP contribution in [0, 0.1) is 11.2 Å². The van der Waals surface area contributed by atoms with Gasteiger partial charge in [-0.2, -0.15) is 0 Å². The predicted molar refractivity (Wildman–Crippen MR) is 64.9 cm³/mol. The molecule has 0 amide bonds. The van der Waals surface area contributed by atoms with Gasteiger partial charge in [-0.25, -0.2) is 4.39 Å². The molecule has 1 heterocycles. The Balaban J connectivity index is 2.08. The normalized spacial score (nSPS) is 24.7. The van der Waals surface area contributed by atoms with Crippen molar-refractivity contribution in [2.75, 3.05) is 13.3 Å². The van der Waals surface area contributed by atoms with Crippen LogP contribution >= 0.6 is 0 Å². The van der Waals surface area contributed by atoms with Crippen LogP contribution in [0.4, 0.5) is 8.78 Å². The van der Waals surface area contributed by atoms with Crippen molar-refractivity contribution >= 4 is 0 Å². The summed E-state index contributed by atoms with van der Waals surface area (Å²) in [5, 5.41) is 0. The highest BCUT2D eigenvalue weighted by atomic mass is 19.1. The highest BCUT2D eigenvalue weighted by Gasteiger charge is 2.61. The van der Waals surface area contributed by atoms with E-state index in [2.05, 4.69) is 0 Å². The molecule has 4 heteroatoms. The van der Waals surface area contributed by atoms with Crippen LogP contribution in [-0.4, -0.2) is 25.0 Å². The van der Waals surface area contributed by atoms with E-state index in [0.29, 0.717) is 12.4 Å². The number of epoxide rings is 1. The van der Waals surface area contributed by atoms with Crippen LogP contribution in [0.1, 0.15) is 20.8 Å². The number of ether oxygens (including phenoxy) is 2. The van der Waals surface area contributed by atoms with Gasteiger partial charge in [-0.3, -0.25) is 4.39 Å². The molecule has 0 N–H and O–H groups in total. The van der Waals surface area contributed by atoms with Crippen molar-refractivity contribution in [2.45, 2.75) is 32.5 Å². The summed E-state index contributed by atoms with van der Waals surface area (Å²) in [4.78, 5) is 0. The molecule has 2 unspecified atom stereocenters. The van der Waals surface area contributed by atoms with Crippen LogP contribution in [-0.2, 0) is 4.74 Å². The van der Waals surface area contributed by atoms with E-state index in [9.17, 15) is 8.78 Å². The molecule has 1 fully saturated rings. The Bertz CT molecular complexity index is 410. The fraction of sp³-hybridized carbons (Fsp3) is 0.571. The van der Waals surface area contributed by atoms with E-state index < -0.39 is 17.7 Å². The average molecular weight is 256 g/mol. The van der Waals surface area contributed by atoms with Gasteiger partial charge in [0, 0.05) is 5.41 Å². The Morgan fingerprint density at radius 2 is 1.94 bits per heavy atom. The zero-order valence-electron chi connectivity index (χ0n) is 10.9. The minimum atomic E-state index is -0.591. The summed E-state index contributed by atoms with van der Waals surface area (Å²) < 4.78 is 37.1. The maximum absolute atomic E-state index is 13.1. The second-order valence-electron chi connectivity index (χ2n) is 5.41. The summed E-state index contributed by atoms with van der Waals surface area (Å²) in [6.07, 6.45) is -0.284. The molecular formula is C14H18F2O2. The number of hydrogen-bond donors (Lipinski definition) is 0. The van der Waals surface area contributed by atoms with E-state index in [4.69, 9.17) is 9.47 Å². The molecule has 18 heavy (non-hydrogen) atoms. The number of benzene rings is 1. The maximum atomic E-state index is 13.1. The quantitative estimate of drug-likeness (QED) is 0.753. The van der Waals surface area contributed by atoms with Crippen molar-refractivity contribution in [3.63, 3.8) is 0 Å². The third-order valence-electron chi connectivity index (χ3n) is 3.72. The van der Waals surface area contributed by atoms with Crippen molar-refractivity contribution in [3.8, 4) is 5.75 Å². The fourth-order valence-corrected chi connectivity index (χ4v) is 2.18. The summed E-state index contributed by atoms with van der Waals surface area (Å²) in [5.41, 5.74) is -1.18. The predicted octanol–water partition coefficient (Wildman–Crippen LogP) is 3.36. The summed E-state index contributed by atoms with van der Waals surface area (Å²) in [7, 11) is 0. The molecule has 2 rings (SSSR count). The summed E-state index contributed by atoms with van der Waals surface area (Å²) in [6, 6.07) is 5.79. The maximum Gasteiger partial charge on any atom is 0.135 e. The molecule has 1 saturated heterocycles. The van der Waals surface area contributed by atoms with Gasteiger partial charge in [0.1, 0.15) is 23.3 Å². The first-order valence-corrected chi connectivity index (χ1v) is 6.03. The minimum absolute atomic E-state index is 0.284. The lowest BCUT2D eigenvalue weighted by Crippen LogP contribution is -2.46. The Hall–Kier alpha value is -1.16. The van der Waals surface area contributed by atoms with Crippen molar-refractivity contribution in [3.05, 3.63) is 30.1 Å². The van der Waals surface area contributed by atoms with Crippen LogP contribution in [0.25, 0.3) is 0 Å². The van der Waals surface area contributed by atoms with Crippen molar-refractivity contribution in [1.29, 1.82) is 0 Å². The fourth-order valence-electron chi connectivity index (χ4n) is 2.18. The third-order valence-corrected chi connectivity index (χ3v) is 3.72. The van der Waals surface area contributed by atoms with Gasteiger partial charge in [0.15, 0.2) is 0 Å². The molecule has 1 aliphatic rings. The summed E-state index contributed by atoms with van der Waals surface area (Å²) in [5.74, 6) is 0.255. The Kier molecular flexibility index (Phi) is 3.32. The molecule has 0 bridgehead atoms. The number of hydrogen-bond acceptors (Lipinski definition) is 2. The van der Waals surface area contributed by atoms with Crippen molar-refractivity contribution < 1.29 is 18.3 Å². The van der Waals surface area contributed by atoms with E-state index in [0.717, 1.165) is 0 Å². The molecule has 2 atom stereocenters. The lowest BCUT2D eigenvalue weighted by atomic mass is 9.77. The largest absolute Gasteiger partial charge is 0.488 e. The van der Waals surface area contributed by atoms with E-state index in [1.54, 1.807) is 12.1 Å². The molecule has 0 radical (unpaired) electrons. The summed E-state index contributed by atoms with van der Waals surface area (Å²) in [6.45, 7) is 5.53. The van der Waals surface area contributed by atoms with Gasteiger partial charge in [0.25, 0.3) is 0 Å². The Labute approximate surface area is 106 Å². The van der Waals surface area contributed by atoms with Crippen LogP contribution < -0.4 is 4.74 Å². The molecule has 0 aliphatic carbocycles. The van der Waals surface area contributed by atoms with Crippen LogP contribution in [0.15, 0.2) is 24.3 Å². The smallest absolute Gasteiger partial charge is 0.135 e. The molecule has 1 aliphatic heterocycles. The van der Waals surface area contributed by atoms with Crippen LogP contribution in [0.2, 0.25) is 0 Å². The Morgan fingerprint density at radius 1 is 1.39 bits per heavy atom. The average Bonchev–Trinajstić information content (AvgIpc) is 3.13. The monoisotopic (exact) mass is 256 g/mol.